The summed E-state index contributed by atoms with van der Waals surface area (Å²) in [6.45, 7) is 2.51. The quantitative estimate of drug-likeness (QED) is 0.753. The van der Waals surface area contributed by atoms with Crippen LogP contribution in [0.5, 0.6) is 0 Å². The predicted octanol–water partition coefficient (Wildman–Crippen LogP) is 2.56. The molecule has 1 aromatic rings. The topological polar surface area (TPSA) is 78.4 Å². The number of carbonyl (C=O) groups excluding carboxylic acids is 1. The fourth-order valence-corrected chi connectivity index (χ4v) is 2.71. The number of benzene rings is 1. The zero-order chi connectivity index (χ0) is 15.3. The second-order valence-electron chi connectivity index (χ2n) is 5.58. The van der Waals surface area contributed by atoms with Crippen molar-refractivity contribution in [1.82, 2.24) is 10.6 Å². The Kier molecular flexibility index (Phi) is 4.83. The van der Waals surface area contributed by atoms with E-state index in [4.69, 9.17) is 5.11 Å². The van der Waals surface area contributed by atoms with Crippen LogP contribution in [0.3, 0.4) is 0 Å². The smallest absolute Gasteiger partial charge is 0.335 e. The molecular weight excluding hydrogens is 268 g/mol. The maximum absolute atomic E-state index is 11.9. The molecule has 0 unspecified atom stereocenters. The van der Waals surface area contributed by atoms with Gasteiger partial charge in [-0.05, 0) is 43.7 Å². The molecule has 1 fully saturated rings. The van der Waals surface area contributed by atoms with Gasteiger partial charge >= 0.3 is 12.0 Å². The molecule has 2 amide bonds. The van der Waals surface area contributed by atoms with Gasteiger partial charge in [0, 0.05) is 12.1 Å². The second kappa shape index (κ2) is 6.61. The number of nitrogens with one attached hydrogen (secondary N) is 2. The summed E-state index contributed by atoms with van der Waals surface area (Å²) < 4.78 is 0. The van der Waals surface area contributed by atoms with Gasteiger partial charge in [0.25, 0.3) is 0 Å². The molecule has 0 atom stereocenters. The van der Waals surface area contributed by atoms with Crippen LogP contribution in [-0.4, -0.2) is 29.2 Å². The lowest BCUT2D eigenvalue weighted by Crippen LogP contribution is -2.56. The molecule has 2 rings (SSSR count). The molecule has 114 valence electrons. The first kappa shape index (κ1) is 15.4. The van der Waals surface area contributed by atoms with Crippen molar-refractivity contribution in [3.8, 4) is 0 Å². The van der Waals surface area contributed by atoms with Crippen molar-refractivity contribution in [2.45, 2.75) is 44.6 Å². The highest BCUT2D eigenvalue weighted by molar-refractivity contribution is 5.89. The lowest BCUT2D eigenvalue weighted by molar-refractivity contribution is 0.0695. The minimum absolute atomic E-state index is 0.0247. The van der Waals surface area contributed by atoms with Gasteiger partial charge in [-0.25, -0.2) is 9.59 Å². The fraction of sp³-hybridized carbons (Fsp3) is 0.500. The Morgan fingerprint density at radius 3 is 2.57 bits per heavy atom. The molecule has 5 nitrogen and oxygen atoms in total. The van der Waals surface area contributed by atoms with Gasteiger partial charge in [-0.3, -0.25) is 0 Å². The number of carbonyl (C=O) groups is 2. The molecule has 0 radical (unpaired) electrons. The highest BCUT2D eigenvalue weighted by Gasteiger charge is 2.36. The van der Waals surface area contributed by atoms with E-state index in [0.29, 0.717) is 18.5 Å². The first-order valence-corrected chi connectivity index (χ1v) is 7.43. The molecule has 0 bridgehead atoms. The minimum atomic E-state index is -0.936. The molecule has 0 saturated heterocycles. The highest BCUT2D eigenvalue weighted by atomic mass is 16.4. The zero-order valence-electron chi connectivity index (χ0n) is 12.3. The van der Waals surface area contributed by atoms with Gasteiger partial charge < -0.3 is 15.7 Å². The van der Waals surface area contributed by atoms with Crippen LogP contribution in [0, 0.1) is 0 Å². The number of amides is 2. The van der Waals surface area contributed by atoms with Crippen molar-refractivity contribution in [2.24, 2.45) is 0 Å². The SMILES string of the molecule is CCC1(NC(=O)NCCc2ccccc2C(=O)O)CCC1. The predicted molar refractivity (Wildman–Crippen MR) is 80.5 cm³/mol. The van der Waals surface area contributed by atoms with E-state index in [1.165, 1.54) is 6.42 Å². The van der Waals surface area contributed by atoms with E-state index < -0.39 is 5.97 Å². The molecule has 1 aliphatic rings. The summed E-state index contributed by atoms with van der Waals surface area (Å²) in [6.07, 6.45) is 4.70. The second-order valence-corrected chi connectivity index (χ2v) is 5.58. The van der Waals surface area contributed by atoms with Gasteiger partial charge in [-0.1, -0.05) is 25.1 Å². The molecule has 0 heterocycles. The van der Waals surface area contributed by atoms with E-state index in [1.54, 1.807) is 18.2 Å². The molecule has 5 heteroatoms. The third-order valence-corrected chi connectivity index (χ3v) is 4.29. The summed E-state index contributed by atoms with van der Waals surface area (Å²) in [5.41, 5.74) is 1.01. The zero-order valence-corrected chi connectivity index (χ0v) is 12.3. The van der Waals surface area contributed by atoms with Crippen LogP contribution in [0.2, 0.25) is 0 Å². The van der Waals surface area contributed by atoms with E-state index in [0.717, 1.165) is 24.8 Å². The Bertz CT molecular complexity index is 518. The average Bonchev–Trinajstić information content (AvgIpc) is 2.43. The monoisotopic (exact) mass is 290 g/mol. The Morgan fingerprint density at radius 2 is 2.00 bits per heavy atom. The van der Waals surface area contributed by atoms with Crippen molar-refractivity contribution in [2.75, 3.05) is 6.54 Å². The van der Waals surface area contributed by atoms with Gasteiger partial charge in [0.05, 0.1) is 5.56 Å². The van der Waals surface area contributed by atoms with Crippen molar-refractivity contribution in [1.29, 1.82) is 0 Å². The normalized spacial score (nSPS) is 15.9. The summed E-state index contributed by atoms with van der Waals surface area (Å²) in [5.74, 6) is -0.936. The molecule has 1 saturated carbocycles. The molecule has 0 aromatic heterocycles. The molecule has 1 aromatic carbocycles. The third kappa shape index (κ3) is 3.74. The first-order valence-electron chi connectivity index (χ1n) is 7.43. The third-order valence-electron chi connectivity index (χ3n) is 4.29. The standard InChI is InChI=1S/C16H22N2O3/c1-2-16(9-5-10-16)18-15(21)17-11-8-12-6-3-4-7-13(12)14(19)20/h3-4,6-7H,2,5,8-11H2,1H3,(H,19,20)(H2,17,18,21). The summed E-state index contributed by atoms with van der Waals surface area (Å²) in [6, 6.07) is 6.71. The summed E-state index contributed by atoms with van der Waals surface area (Å²) >= 11 is 0. The van der Waals surface area contributed by atoms with Gasteiger partial charge in [-0.15, -0.1) is 0 Å². The number of carboxylic acid groups (broad SMARTS) is 1. The number of urea groups is 1. The van der Waals surface area contributed by atoms with Gasteiger partial charge in [0.1, 0.15) is 0 Å². The minimum Gasteiger partial charge on any atom is -0.478 e. The first-order chi connectivity index (χ1) is 10.1. The van der Waals surface area contributed by atoms with Gasteiger partial charge in [0.2, 0.25) is 0 Å². The molecule has 0 spiro atoms. The summed E-state index contributed by atoms with van der Waals surface area (Å²) in [5, 5.41) is 14.9. The number of aromatic carboxylic acids is 1. The Morgan fingerprint density at radius 1 is 1.29 bits per heavy atom. The van der Waals surface area contributed by atoms with Gasteiger partial charge in [0.15, 0.2) is 0 Å². The maximum atomic E-state index is 11.9. The largest absolute Gasteiger partial charge is 0.478 e. The number of hydrogen-bond acceptors (Lipinski definition) is 2. The Balaban J connectivity index is 1.82. The summed E-state index contributed by atoms with van der Waals surface area (Å²) in [4.78, 5) is 23.0. The van der Waals surface area contributed by atoms with Crippen molar-refractivity contribution < 1.29 is 14.7 Å². The Labute approximate surface area is 124 Å². The van der Waals surface area contributed by atoms with Crippen molar-refractivity contribution >= 4 is 12.0 Å². The van der Waals surface area contributed by atoms with Crippen molar-refractivity contribution in [3.63, 3.8) is 0 Å². The van der Waals surface area contributed by atoms with Crippen molar-refractivity contribution in [3.05, 3.63) is 35.4 Å². The number of hydrogen-bond donors (Lipinski definition) is 3. The van der Waals surface area contributed by atoms with Crippen LogP contribution in [0.1, 0.15) is 48.5 Å². The van der Waals surface area contributed by atoms with E-state index in [2.05, 4.69) is 17.6 Å². The lowest BCUT2D eigenvalue weighted by atomic mass is 9.75. The van der Waals surface area contributed by atoms with E-state index in [9.17, 15) is 9.59 Å². The molecule has 0 aliphatic heterocycles. The summed E-state index contributed by atoms with van der Waals surface area (Å²) in [7, 11) is 0. The van der Waals surface area contributed by atoms with Gasteiger partial charge in [-0.2, -0.15) is 0 Å². The molecule has 3 N–H and O–H groups in total. The highest BCUT2D eigenvalue weighted by Crippen LogP contribution is 2.34. The van der Waals surface area contributed by atoms with Crippen LogP contribution in [-0.2, 0) is 6.42 Å². The van der Waals surface area contributed by atoms with Crippen LogP contribution in [0.15, 0.2) is 24.3 Å². The van der Waals surface area contributed by atoms with E-state index >= 15 is 0 Å². The Hall–Kier alpha value is -2.04. The maximum Gasteiger partial charge on any atom is 0.335 e. The fourth-order valence-electron chi connectivity index (χ4n) is 2.71. The molecular formula is C16H22N2O3. The molecule has 1 aliphatic carbocycles. The number of carboxylic acids is 1. The van der Waals surface area contributed by atoms with Crippen LogP contribution in [0.25, 0.3) is 0 Å². The van der Waals surface area contributed by atoms with Crippen LogP contribution < -0.4 is 10.6 Å². The van der Waals surface area contributed by atoms with E-state index in [-0.39, 0.29) is 11.6 Å². The average molecular weight is 290 g/mol. The van der Waals surface area contributed by atoms with E-state index in [1.807, 2.05) is 6.07 Å². The number of rotatable bonds is 6. The van der Waals surface area contributed by atoms with Crippen LogP contribution in [0.4, 0.5) is 4.79 Å². The van der Waals surface area contributed by atoms with Crippen LogP contribution >= 0.6 is 0 Å². The molecule has 21 heavy (non-hydrogen) atoms. The lowest BCUT2D eigenvalue weighted by Gasteiger charge is -2.41.